The van der Waals surface area contributed by atoms with Crippen molar-refractivity contribution >= 4 is 143 Å². The van der Waals surface area contributed by atoms with Gasteiger partial charge in [-0.1, -0.05) is 95.5 Å². The summed E-state index contributed by atoms with van der Waals surface area (Å²) in [6.07, 6.45) is 5.80. The highest BCUT2D eigenvalue weighted by Crippen LogP contribution is 2.47. The van der Waals surface area contributed by atoms with E-state index in [2.05, 4.69) is 80.2 Å². The van der Waals surface area contributed by atoms with Crippen LogP contribution in [0.4, 0.5) is 23.8 Å². The molecule has 0 aliphatic heterocycles. The fourth-order valence-corrected chi connectivity index (χ4v) is 19.3. The summed E-state index contributed by atoms with van der Waals surface area (Å²) in [6.45, 7) is 19.6. The fourth-order valence-electron chi connectivity index (χ4n) is 11.6. The van der Waals surface area contributed by atoms with Gasteiger partial charge in [0.1, 0.15) is 48.5 Å². The summed E-state index contributed by atoms with van der Waals surface area (Å²) in [4.78, 5) is 136. The van der Waals surface area contributed by atoms with E-state index in [0.717, 1.165) is 39.6 Å². The Labute approximate surface area is 760 Å². The number of H-pyrrole nitrogens is 4. The Morgan fingerprint density at radius 1 is 0.402 bits per heavy atom. The SMILES string of the molecule is CC(=O)[C@@H](C)NP(=O)(COCCn1cnc2c(=O)[nH]c(N)nc21)OCc1ccc(C)c(Cl)c1.CC(=O)[C@@H](C)NP(=O)(COCCn1cnc2c(=O)[nH]c(N)nc21)OCc1ccc(C)cc1.CC(=O)[C@@H](C)NP(=O)(COCCn1cnc2c(=O)[nH]c(N)nc21)OCc1ccc(C)cc1.CC(=O)[C@@H](C)NP(=O)(COCCn1cnc2c(=O)[nH]c(N)nc21)OCc1ccc(S(C)(=O)=O)cc1. The van der Waals surface area contributed by atoms with Crippen molar-refractivity contribution in [1.82, 2.24) is 98.4 Å². The molecule has 0 bridgehead atoms. The van der Waals surface area contributed by atoms with Gasteiger partial charge in [0, 0.05) is 37.5 Å². The summed E-state index contributed by atoms with van der Waals surface area (Å²) in [6, 6.07) is 24.0. The Hall–Kier alpha value is -11.2. The average Bonchev–Trinajstić information content (AvgIpc) is 1.67. The quantitative estimate of drug-likeness (QED) is 0.0129. The number of anilines is 4. The topological polar surface area (TPSA) is 651 Å². The van der Waals surface area contributed by atoms with Crippen molar-refractivity contribution in [2.75, 3.05) is 81.0 Å². The van der Waals surface area contributed by atoms with Gasteiger partial charge in [-0.3, -0.25) is 76.6 Å². The molecule has 12 aromatic rings. The van der Waals surface area contributed by atoms with E-state index in [1.54, 1.807) is 64.2 Å². The van der Waals surface area contributed by atoms with E-state index in [-0.39, 0.29) is 171 Å². The number of aromatic amines is 4. The number of ketones is 4. The monoisotopic (exact) mass is 1950 g/mol. The first kappa shape index (κ1) is 105. The third kappa shape index (κ3) is 31.2. The number of rotatable bonds is 45. The number of nitrogens with one attached hydrogen (secondary N) is 8. The first-order chi connectivity index (χ1) is 62.3. The molecule has 132 heavy (non-hydrogen) atoms. The number of imidazole rings is 4. The second kappa shape index (κ2) is 47.5. The van der Waals surface area contributed by atoms with E-state index >= 15 is 0 Å². The number of hydrogen-bond donors (Lipinski definition) is 12. The Bertz CT molecular complexity index is 6440. The van der Waals surface area contributed by atoms with Crippen molar-refractivity contribution in [1.29, 1.82) is 0 Å². The van der Waals surface area contributed by atoms with Gasteiger partial charge in [0.2, 0.25) is 23.8 Å². The highest BCUT2D eigenvalue weighted by molar-refractivity contribution is 7.90. The van der Waals surface area contributed by atoms with Crippen LogP contribution in [0.25, 0.3) is 44.7 Å². The van der Waals surface area contributed by atoms with Crippen molar-refractivity contribution in [3.63, 3.8) is 0 Å². The number of ether oxygens (including phenoxy) is 4. The number of Topliss-reactive ketones (excluding diaryl/α,β-unsaturated/α-hetero) is 4. The second-order valence-corrected chi connectivity index (χ2v) is 41.4. The molecule has 0 saturated heterocycles. The van der Waals surface area contributed by atoms with E-state index in [0.29, 0.717) is 40.6 Å². The maximum Gasteiger partial charge on any atom is 0.295 e. The van der Waals surface area contributed by atoms with Crippen LogP contribution < -0.4 is 65.5 Å². The van der Waals surface area contributed by atoms with Gasteiger partial charge in [-0.25, -0.2) is 48.7 Å². The number of aromatic nitrogens is 16. The predicted octanol–water partition coefficient (Wildman–Crippen LogP) is 7.59. The van der Waals surface area contributed by atoms with Crippen LogP contribution in [0.3, 0.4) is 0 Å². The highest BCUT2D eigenvalue weighted by Gasteiger charge is 2.33. The van der Waals surface area contributed by atoms with Gasteiger partial charge in [-0.05, 0) is 122 Å². The Morgan fingerprint density at radius 2 is 0.636 bits per heavy atom. The molecule has 712 valence electrons. The van der Waals surface area contributed by atoms with Crippen molar-refractivity contribution in [3.05, 3.63) is 202 Å². The molecule has 0 radical (unpaired) electrons. The molecular formula is C80H107ClN24O22P4S. The number of nitrogen functional groups attached to an aromatic ring is 4. The number of nitrogens with zero attached hydrogens (tertiary/aromatic N) is 12. The highest BCUT2D eigenvalue weighted by atomic mass is 35.5. The second-order valence-electron chi connectivity index (χ2n) is 30.5. The number of carbonyl (C=O) groups is 4. The normalized spacial score (nSPS) is 14.4. The van der Waals surface area contributed by atoms with E-state index in [1.807, 2.05) is 81.4 Å². The molecule has 0 aliphatic carbocycles. The molecule has 8 atom stereocenters. The Morgan fingerprint density at radius 3 is 0.871 bits per heavy atom. The molecule has 46 nitrogen and oxygen atoms in total. The Kier molecular flexibility index (Phi) is 37.6. The molecule has 0 aliphatic rings. The molecule has 16 N–H and O–H groups in total. The van der Waals surface area contributed by atoms with Gasteiger partial charge >= 0.3 is 0 Å². The van der Waals surface area contributed by atoms with E-state index in [9.17, 15) is 65.0 Å². The lowest BCUT2D eigenvalue weighted by molar-refractivity contribution is -0.119. The summed E-state index contributed by atoms with van der Waals surface area (Å²) in [7, 11) is -17.5. The van der Waals surface area contributed by atoms with E-state index < -0.39 is 86.3 Å². The van der Waals surface area contributed by atoms with Gasteiger partial charge in [0.05, 0.1) is 107 Å². The molecule has 12 rings (SSSR count). The first-order valence-electron chi connectivity index (χ1n) is 40.6. The lowest BCUT2D eigenvalue weighted by Crippen LogP contribution is -2.32. The zero-order chi connectivity index (χ0) is 96.6. The van der Waals surface area contributed by atoms with Gasteiger partial charge < -0.3 is 78.2 Å². The number of nitrogens with two attached hydrogens (primary N) is 4. The standard InChI is InChI=1S/C20H26ClN6O5P.C20H27N6O7PS.2C20H27N6O5P/c1-12-4-5-15(8-16(12)21)9-32-33(30,26-13(2)14(3)28)11-31-7-6-27-10-23-17-18(27)24-20(22)25-19(17)29;1-13(14(2)27)25-34(29,33-10-15-4-6-16(7-5-15)35(3,30)31)12-32-9-8-26-11-22-17-18(26)23-20(21)24-19(17)28;2*1-13-4-6-16(7-5-13)10-31-32(29,25-14(2)15(3)27)12-30-9-8-26-11-22-17-18(26)23-20(21)24-19(17)28/h4-5,8,10,13H,6-7,9,11H2,1-3H3,(H,26,30)(H3,22,24,25,29);4-7,11,13H,8-10,12H2,1-3H3,(H,25,29)(H3,21,23,24,28);2*4-7,11,14H,8-10,12H2,1-3H3,(H,25,29)(H3,21,23,24,28)/t13-,33?;13-,34?;2*14-,32?/m1111/s1. The maximum atomic E-state index is 13.4. The largest absolute Gasteiger partial charge is 0.369 e. The lowest BCUT2D eigenvalue weighted by Gasteiger charge is -2.23. The van der Waals surface area contributed by atoms with Crippen LogP contribution >= 0.6 is 41.7 Å². The van der Waals surface area contributed by atoms with Crippen molar-refractivity contribution in [2.24, 2.45) is 0 Å². The third-order valence-electron chi connectivity index (χ3n) is 19.5. The minimum Gasteiger partial charge on any atom is -0.369 e. The summed E-state index contributed by atoms with van der Waals surface area (Å²) in [5.41, 5.74) is 28.7. The first-order valence-corrected chi connectivity index (χ1v) is 50.2. The van der Waals surface area contributed by atoms with Crippen molar-refractivity contribution in [2.45, 2.75) is 158 Å². The number of halogens is 1. The Balaban J connectivity index is 0.000000198. The van der Waals surface area contributed by atoms with Crippen LogP contribution in [-0.2, 0) is 137 Å². The van der Waals surface area contributed by atoms with Crippen molar-refractivity contribution < 1.29 is 82.9 Å². The number of fused-ring (bicyclic) bond motifs is 4. The predicted molar refractivity (Wildman–Crippen MR) is 494 cm³/mol. The lowest BCUT2D eigenvalue weighted by atomic mass is 10.2. The molecule has 0 spiro atoms. The number of sulfone groups is 1. The summed E-state index contributed by atoms with van der Waals surface area (Å²) < 4.78 is 128. The van der Waals surface area contributed by atoms with Crippen molar-refractivity contribution in [3.8, 4) is 0 Å². The molecular weight excluding hydrogens is 1840 g/mol. The summed E-state index contributed by atoms with van der Waals surface area (Å²) in [5.74, 6) is -0.836. The van der Waals surface area contributed by atoms with Gasteiger partial charge in [0.25, 0.3) is 52.3 Å². The fraction of sp³-hybridized carbons (Fsp3) is 0.400. The number of hydrogen-bond acceptors (Lipinski definition) is 34. The number of carbonyl (C=O) groups excluding carboxylic acids is 4. The number of benzene rings is 4. The average molecular weight is 1950 g/mol. The molecule has 8 aromatic heterocycles. The van der Waals surface area contributed by atoms with Crippen LogP contribution in [0, 0.1) is 20.8 Å². The van der Waals surface area contributed by atoms with Crippen LogP contribution in [0.2, 0.25) is 5.02 Å². The minimum atomic E-state index is -3.64. The van der Waals surface area contributed by atoms with Crippen LogP contribution in [0.1, 0.15) is 94.3 Å². The summed E-state index contributed by atoms with van der Waals surface area (Å²) in [5, 5.41) is 11.6. The molecule has 0 amide bonds. The number of aryl methyl sites for hydroxylation is 3. The van der Waals surface area contributed by atoms with Gasteiger partial charge in [-0.2, -0.15) is 19.9 Å². The molecule has 4 aromatic carbocycles. The van der Waals surface area contributed by atoms with Gasteiger partial charge in [0.15, 0.2) is 54.5 Å². The van der Waals surface area contributed by atoms with E-state index in [4.69, 9.17) is 71.6 Å². The molecule has 0 fully saturated rings. The summed E-state index contributed by atoms with van der Waals surface area (Å²) >= 11 is 6.15. The third-order valence-corrected chi connectivity index (χ3v) is 28.4. The molecule has 8 heterocycles. The molecule has 4 unspecified atom stereocenters. The van der Waals surface area contributed by atoms with E-state index in [1.165, 1.54) is 65.1 Å². The zero-order valence-corrected chi connectivity index (χ0v) is 79.5. The minimum absolute atomic E-state index is 0.0124. The maximum absolute atomic E-state index is 13.4. The van der Waals surface area contributed by atoms with Crippen LogP contribution in [0.5, 0.6) is 0 Å². The smallest absolute Gasteiger partial charge is 0.295 e. The molecule has 52 heteroatoms. The zero-order valence-electron chi connectivity index (χ0n) is 74.3. The van der Waals surface area contributed by atoms with Gasteiger partial charge in [-0.15, -0.1) is 0 Å². The van der Waals surface area contributed by atoms with Crippen LogP contribution in [-0.4, -0.2) is 192 Å². The van der Waals surface area contributed by atoms with Crippen LogP contribution in [0.15, 0.2) is 140 Å². The molecule has 0 saturated carbocycles.